The van der Waals surface area contributed by atoms with Crippen molar-refractivity contribution in [2.75, 3.05) is 11.5 Å². The second-order valence-electron chi connectivity index (χ2n) is 7.80. The molecule has 2 amide bonds. The zero-order valence-corrected chi connectivity index (χ0v) is 20.1. The Morgan fingerprint density at radius 1 is 0.941 bits per heavy atom. The number of halogens is 2. The van der Waals surface area contributed by atoms with Crippen molar-refractivity contribution >= 4 is 50.9 Å². The van der Waals surface area contributed by atoms with Gasteiger partial charge < -0.3 is 15.1 Å². The number of hydrogen-bond acceptors (Lipinski definition) is 5. The summed E-state index contributed by atoms with van der Waals surface area (Å²) in [6.07, 6.45) is 1.71. The summed E-state index contributed by atoms with van der Waals surface area (Å²) >= 11 is 11.8. The van der Waals surface area contributed by atoms with E-state index in [1.54, 1.807) is 48.5 Å². The molecule has 2 N–H and O–H groups in total. The Hall–Kier alpha value is -3.07. The fraction of sp³-hybridized carbons (Fsp3) is 0.167. The third-order valence-electron chi connectivity index (χ3n) is 5.21. The molecule has 2 heterocycles. The zero-order valence-electron chi connectivity index (χ0n) is 17.8. The van der Waals surface area contributed by atoms with Gasteiger partial charge in [0.15, 0.2) is 9.84 Å². The van der Waals surface area contributed by atoms with Gasteiger partial charge in [-0.25, -0.2) is 8.42 Å². The molecule has 1 aliphatic rings. The highest BCUT2D eigenvalue weighted by Crippen LogP contribution is 2.25. The third-order valence-corrected chi connectivity index (χ3v) is 7.48. The normalized spacial score (nSPS) is 17.4. The molecule has 10 heteroatoms. The van der Waals surface area contributed by atoms with Crippen LogP contribution in [0, 0.1) is 0 Å². The van der Waals surface area contributed by atoms with E-state index < -0.39 is 27.7 Å². The maximum Gasteiger partial charge on any atom is 0.268 e. The van der Waals surface area contributed by atoms with Gasteiger partial charge in [-0.15, -0.1) is 0 Å². The predicted molar refractivity (Wildman–Crippen MR) is 131 cm³/mol. The van der Waals surface area contributed by atoms with Crippen LogP contribution >= 0.6 is 23.2 Å². The zero-order chi connectivity index (χ0) is 24.3. The first-order valence-corrected chi connectivity index (χ1v) is 12.9. The molecule has 1 fully saturated rings. The molecule has 0 spiro atoms. The number of carbonyl (C=O) groups is 2. The molecule has 1 aromatic heterocycles. The van der Waals surface area contributed by atoms with Crippen LogP contribution in [0.15, 0.2) is 70.8 Å². The first-order chi connectivity index (χ1) is 16.2. The highest BCUT2D eigenvalue weighted by atomic mass is 35.5. The van der Waals surface area contributed by atoms with Gasteiger partial charge in [-0.3, -0.25) is 9.59 Å². The average molecular weight is 519 g/mol. The molecule has 0 saturated carbocycles. The summed E-state index contributed by atoms with van der Waals surface area (Å²) in [7, 11) is -3.19. The minimum absolute atomic E-state index is 0.0107. The summed E-state index contributed by atoms with van der Waals surface area (Å²) in [4.78, 5) is 25.7. The molecule has 4 rings (SSSR count). The van der Waals surface area contributed by atoms with Crippen LogP contribution in [0.2, 0.25) is 10.0 Å². The molecule has 3 aromatic rings. The molecular formula is C24H20Cl2N2O5S. The van der Waals surface area contributed by atoms with Gasteiger partial charge in [0.1, 0.15) is 17.2 Å². The van der Waals surface area contributed by atoms with Gasteiger partial charge >= 0.3 is 0 Å². The van der Waals surface area contributed by atoms with Crippen molar-refractivity contribution in [3.63, 3.8) is 0 Å². The highest BCUT2D eigenvalue weighted by molar-refractivity contribution is 7.91. The largest absolute Gasteiger partial charge is 0.457 e. The van der Waals surface area contributed by atoms with Crippen molar-refractivity contribution in [3.8, 4) is 11.3 Å². The summed E-state index contributed by atoms with van der Waals surface area (Å²) in [5.74, 6) is -0.398. The first kappa shape index (κ1) is 24.1. The van der Waals surface area contributed by atoms with Crippen molar-refractivity contribution in [3.05, 3.63) is 87.7 Å². The van der Waals surface area contributed by atoms with E-state index in [4.69, 9.17) is 27.6 Å². The first-order valence-electron chi connectivity index (χ1n) is 10.3. The van der Waals surface area contributed by atoms with E-state index in [1.165, 1.54) is 18.2 Å². The monoisotopic (exact) mass is 518 g/mol. The van der Waals surface area contributed by atoms with E-state index in [9.17, 15) is 18.0 Å². The molecule has 7 nitrogen and oxygen atoms in total. The lowest BCUT2D eigenvalue weighted by Gasteiger charge is -2.14. The maximum absolute atomic E-state index is 13.0. The molecule has 1 atom stereocenters. The predicted octanol–water partition coefficient (Wildman–Crippen LogP) is 4.33. The molecular weight excluding hydrogens is 499 g/mol. The summed E-state index contributed by atoms with van der Waals surface area (Å²) in [5.41, 5.74) is 1.01. The van der Waals surface area contributed by atoms with Crippen LogP contribution < -0.4 is 10.6 Å². The van der Waals surface area contributed by atoms with Crippen molar-refractivity contribution in [2.24, 2.45) is 0 Å². The molecule has 0 bridgehead atoms. The van der Waals surface area contributed by atoms with Crippen LogP contribution in [0.3, 0.4) is 0 Å². The second-order valence-corrected chi connectivity index (χ2v) is 10.9. The molecule has 0 radical (unpaired) electrons. The maximum atomic E-state index is 13.0. The van der Waals surface area contributed by atoms with Crippen LogP contribution in [0.25, 0.3) is 17.4 Å². The fourth-order valence-electron chi connectivity index (χ4n) is 3.47. The standard InChI is InChI=1S/C24H20Cl2N2O5S/c25-17-5-1-15(2-6-17)22-10-9-20(33-22)13-21(24(30)27-19-11-12-34(31,32)14-19)28-23(29)16-3-7-18(26)8-4-16/h1-10,13,19H,11-12,14H2,(H,27,30)(H,28,29)/b21-13+. The molecule has 2 aromatic carbocycles. The Morgan fingerprint density at radius 3 is 2.21 bits per heavy atom. The number of rotatable bonds is 6. The minimum atomic E-state index is -3.19. The lowest BCUT2D eigenvalue weighted by molar-refractivity contribution is -0.118. The SMILES string of the molecule is O=C(NC1CCS(=O)(=O)C1)/C(=C\c1ccc(-c2ccc(Cl)cc2)o1)NC(=O)c1ccc(Cl)cc1. The topological polar surface area (TPSA) is 105 Å². The molecule has 176 valence electrons. The Kier molecular flexibility index (Phi) is 7.11. The van der Waals surface area contributed by atoms with Crippen molar-refractivity contribution in [2.45, 2.75) is 12.5 Å². The highest BCUT2D eigenvalue weighted by Gasteiger charge is 2.30. The van der Waals surface area contributed by atoms with E-state index >= 15 is 0 Å². The Morgan fingerprint density at radius 2 is 1.59 bits per heavy atom. The summed E-state index contributed by atoms with van der Waals surface area (Å²) in [5, 5.41) is 6.34. The van der Waals surface area contributed by atoms with Crippen LogP contribution in [-0.2, 0) is 14.6 Å². The van der Waals surface area contributed by atoms with E-state index in [1.807, 2.05) is 0 Å². The van der Waals surface area contributed by atoms with Crippen molar-refractivity contribution < 1.29 is 22.4 Å². The van der Waals surface area contributed by atoms with Gasteiger partial charge in [-0.2, -0.15) is 0 Å². The Labute approximate surface area is 206 Å². The van der Waals surface area contributed by atoms with Gasteiger partial charge in [0, 0.05) is 33.3 Å². The van der Waals surface area contributed by atoms with Crippen LogP contribution in [0.4, 0.5) is 0 Å². The average Bonchev–Trinajstić information content (AvgIpc) is 3.40. The van der Waals surface area contributed by atoms with Gasteiger partial charge in [-0.05, 0) is 67.1 Å². The molecule has 0 aliphatic carbocycles. The molecule has 1 saturated heterocycles. The molecule has 34 heavy (non-hydrogen) atoms. The van der Waals surface area contributed by atoms with Crippen molar-refractivity contribution in [1.29, 1.82) is 0 Å². The number of amides is 2. The lowest BCUT2D eigenvalue weighted by atomic mass is 10.2. The van der Waals surface area contributed by atoms with E-state index in [-0.39, 0.29) is 17.2 Å². The lowest BCUT2D eigenvalue weighted by Crippen LogP contribution is -2.41. The van der Waals surface area contributed by atoms with E-state index in [2.05, 4.69) is 10.6 Å². The van der Waals surface area contributed by atoms with E-state index in [0.717, 1.165) is 5.56 Å². The van der Waals surface area contributed by atoms with Crippen molar-refractivity contribution in [1.82, 2.24) is 10.6 Å². The van der Waals surface area contributed by atoms with Crippen LogP contribution in [0.1, 0.15) is 22.5 Å². The van der Waals surface area contributed by atoms with Crippen LogP contribution in [0.5, 0.6) is 0 Å². The fourth-order valence-corrected chi connectivity index (χ4v) is 5.39. The summed E-state index contributed by atoms with van der Waals surface area (Å²) in [6.45, 7) is 0. The van der Waals surface area contributed by atoms with Crippen LogP contribution in [-0.4, -0.2) is 37.8 Å². The Balaban J connectivity index is 1.59. The van der Waals surface area contributed by atoms with Gasteiger partial charge in [0.25, 0.3) is 11.8 Å². The number of nitrogens with one attached hydrogen (secondary N) is 2. The molecule has 1 aliphatic heterocycles. The minimum Gasteiger partial charge on any atom is -0.457 e. The number of sulfone groups is 1. The second kappa shape index (κ2) is 10.0. The van der Waals surface area contributed by atoms with Gasteiger partial charge in [0.2, 0.25) is 0 Å². The number of furan rings is 1. The summed E-state index contributed by atoms with van der Waals surface area (Å²) < 4.78 is 29.4. The number of carbonyl (C=O) groups excluding carboxylic acids is 2. The van der Waals surface area contributed by atoms with Gasteiger partial charge in [0.05, 0.1) is 11.5 Å². The number of benzene rings is 2. The quantitative estimate of drug-likeness (QED) is 0.472. The van der Waals surface area contributed by atoms with E-state index in [0.29, 0.717) is 33.6 Å². The smallest absolute Gasteiger partial charge is 0.268 e. The molecule has 1 unspecified atom stereocenters. The summed E-state index contributed by atoms with van der Waals surface area (Å²) in [6, 6.07) is 16.1. The third kappa shape index (κ3) is 6.08. The van der Waals surface area contributed by atoms with Gasteiger partial charge in [-0.1, -0.05) is 23.2 Å². The number of hydrogen-bond donors (Lipinski definition) is 2. The Bertz CT molecular complexity index is 1350.